The monoisotopic (exact) mass is 311 g/mol. The van der Waals surface area contributed by atoms with Crippen molar-refractivity contribution in [2.75, 3.05) is 10.6 Å². The predicted molar refractivity (Wildman–Crippen MR) is 91.6 cm³/mol. The molecule has 0 unspecified atom stereocenters. The third-order valence-corrected chi connectivity index (χ3v) is 3.45. The molecule has 2 rings (SSSR count). The number of pyridine rings is 1. The molecule has 5 heteroatoms. The summed E-state index contributed by atoms with van der Waals surface area (Å²) in [5.74, 6) is -0.394. The summed E-state index contributed by atoms with van der Waals surface area (Å²) in [6.45, 7) is 7.43. The van der Waals surface area contributed by atoms with E-state index >= 15 is 0 Å². The summed E-state index contributed by atoms with van der Waals surface area (Å²) in [6.07, 6.45) is 1.55. The number of carbonyl (C=O) groups excluding carboxylic acids is 2. The average Bonchev–Trinajstić information content (AvgIpc) is 2.51. The molecular formula is C18H21N3O2. The first kappa shape index (κ1) is 16.7. The van der Waals surface area contributed by atoms with Crippen molar-refractivity contribution in [2.45, 2.75) is 27.7 Å². The second-order valence-electron chi connectivity index (χ2n) is 5.82. The molecule has 5 nitrogen and oxygen atoms in total. The molecular weight excluding hydrogens is 290 g/mol. The number of aryl methyl sites for hydroxylation is 2. The fraction of sp³-hybridized carbons (Fsp3) is 0.278. The fourth-order valence-electron chi connectivity index (χ4n) is 1.92. The number of amides is 2. The Bertz CT molecular complexity index is 722. The average molecular weight is 311 g/mol. The molecule has 0 saturated carbocycles. The van der Waals surface area contributed by atoms with Crippen molar-refractivity contribution < 1.29 is 9.59 Å². The molecule has 0 aliphatic heterocycles. The lowest BCUT2D eigenvalue weighted by molar-refractivity contribution is -0.118. The largest absolute Gasteiger partial charge is 0.326 e. The van der Waals surface area contributed by atoms with E-state index in [-0.39, 0.29) is 17.7 Å². The third kappa shape index (κ3) is 4.39. The topological polar surface area (TPSA) is 71.1 Å². The number of nitrogens with zero attached hydrogens (tertiary/aromatic N) is 1. The highest BCUT2D eigenvalue weighted by molar-refractivity contribution is 6.05. The Labute approximate surface area is 136 Å². The lowest BCUT2D eigenvalue weighted by Gasteiger charge is -2.12. The van der Waals surface area contributed by atoms with Gasteiger partial charge < -0.3 is 10.6 Å². The van der Waals surface area contributed by atoms with Crippen molar-refractivity contribution in [1.82, 2.24) is 4.98 Å². The highest BCUT2D eigenvalue weighted by Crippen LogP contribution is 2.21. The molecule has 1 aromatic carbocycles. The van der Waals surface area contributed by atoms with E-state index in [0.29, 0.717) is 16.9 Å². The summed E-state index contributed by atoms with van der Waals surface area (Å²) < 4.78 is 0. The third-order valence-electron chi connectivity index (χ3n) is 3.45. The van der Waals surface area contributed by atoms with Gasteiger partial charge in [-0.1, -0.05) is 19.9 Å². The molecule has 1 heterocycles. The van der Waals surface area contributed by atoms with Crippen LogP contribution >= 0.6 is 0 Å². The first-order chi connectivity index (χ1) is 10.9. The van der Waals surface area contributed by atoms with Crippen molar-refractivity contribution in [2.24, 2.45) is 5.92 Å². The highest BCUT2D eigenvalue weighted by atomic mass is 16.2. The number of carbonyl (C=O) groups is 2. The van der Waals surface area contributed by atoms with Gasteiger partial charge in [0, 0.05) is 29.2 Å². The molecule has 0 radical (unpaired) electrons. The second kappa shape index (κ2) is 7.05. The number of rotatable bonds is 4. The zero-order valence-corrected chi connectivity index (χ0v) is 13.8. The molecule has 0 spiro atoms. The van der Waals surface area contributed by atoms with Crippen LogP contribution in [0.1, 0.15) is 35.5 Å². The van der Waals surface area contributed by atoms with E-state index in [1.54, 1.807) is 24.4 Å². The molecule has 120 valence electrons. The van der Waals surface area contributed by atoms with Crippen LogP contribution in [0.15, 0.2) is 36.5 Å². The van der Waals surface area contributed by atoms with E-state index in [2.05, 4.69) is 15.6 Å². The van der Waals surface area contributed by atoms with Crippen LogP contribution in [0.4, 0.5) is 11.4 Å². The quantitative estimate of drug-likeness (QED) is 0.907. The smallest absolute Gasteiger partial charge is 0.257 e. The van der Waals surface area contributed by atoms with Gasteiger partial charge in [0.15, 0.2) is 0 Å². The minimum Gasteiger partial charge on any atom is -0.326 e. The first-order valence-corrected chi connectivity index (χ1v) is 7.52. The zero-order chi connectivity index (χ0) is 17.0. The minimum atomic E-state index is -0.229. The van der Waals surface area contributed by atoms with Crippen LogP contribution in [0, 0.1) is 19.8 Å². The maximum atomic E-state index is 12.3. The summed E-state index contributed by atoms with van der Waals surface area (Å²) in [6, 6.07) is 8.96. The molecule has 0 atom stereocenters. The van der Waals surface area contributed by atoms with E-state index in [4.69, 9.17) is 0 Å². The van der Waals surface area contributed by atoms with Gasteiger partial charge in [0.05, 0.1) is 5.56 Å². The van der Waals surface area contributed by atoms with Gasteiger partial charge in [-0.25, -0.2) is 0 Å². The van der Waals surface area contributed by atoms with E-state index in [9.17, 15) is 9.59 Å². The van der Waals surface area contributed by atoms with Crippen LogP contribution < -0.4 is 10.6 Å². The van der Waals surface area contributed by atoms with Gasteiger partial charge in [0.25, 0.3) is 5.91 Å². The predicted octanol–water partition coefficient (Wildman–Crippen LogP) is 3.55. The van der Waals surface area contributed by atoms with Crippen molar-refractivity contribution >= 4 is 23.2 Å². The van der Waals surface area contributed by atoms with Crippen LogP contribution in [0.2, 0.25) is 0 Å². The maximum Gasteiger partial charge on any atom is 0.257 e. The zero-order valence-electron chi connectivity index (χ0n) is 13.8. The first-order valence-electron chi connectivity index (χ1n) is 7.52. The molecule has 0 aliphatic rings. The van der Waals surface area contributed by atoms with Crippen molar-refractivity contribution in [1.29, 1.82) is 0 Å². The van der Waals surface area contributed by atoms with E-state index in [1.807, 2.05) is 39.8 Å². The van der Waals surface area contributed by atoms with Crippen molar-refractivity contribution in [3.8, 4) is 0 Å². The number of hydrogen-bond donors (Lipinski definition) is 2. The van der Waals surface area contributed by atoms with Crippen LogP contribution in [0.5, 0.6) is 0 Å². The van der Waals surface area contributed by atoms with Gasteiger partial charge in [-0.15, -0.1) is 0 Å². The summed E-state index contributed by atoms with van der Waals surface area (Å²) in [7, 11) is 0. The van der Waals surface area contributed by atoms with Gasteiger partial charge in [-0.05, 0) is 43.7 Å². The molecule has 2 N–H and O–H groups in total. The molecule has 0 bridgehead atoms. The van der Waals surface area contributed by atoms with Gasteiger partial charge in [0.1, 0.15) is 0 Å². The highest BCUT2D eigenvalue weighted by Gasteiger charge is 2.11. The fourth-order valence-corrected chi connectivity index (χ4v) is 1.92. The molecule has 0 aliphatic carbocycles. The standard InChI is InChI=1S/C18H21N3O2/c1-11(2)17(22)20-15-8-5-12(3)16(9-15)21-18(23)14-7-6-13(4)19-10-14/h5-11H,1-4H3,(H,20,22)(H,21,23). The lowest BCUT2D eigenvalue weighted by Crippen LogP contribution is -2.18. The van der Waals surface area contributed by atoms with E-state index in [0.717, 1.165) is 11.3 Å². The Kier molecular flexibility index (Phi) is 5.11. The minimum absolute atomic E-state index is 0.0612. The normalized spacial score (nSPS) is 10.5. The van der Waals surface area contributed by atoms with Crippen molar-refractivity contribution in [3.63, 3.8) is 0 Å². The Morgan fingerprint density at radius 2 is 1.78 bits per heavy atom. The Hall–Kier alpha value is -2.69. The Morgan fingerprint density at radius 3 is 2.39 bits per heavy atom. The molecule has 0 fully saturated rings. The van der Waals surface area contributed by atoms with Gasteiger partial charge in [0.2, 0.25) is 5.91 Å². The number of aromatic nitrogens is 1. The number of nitrogens with one attached hydrogen (secondary N) is 2. The van der Waals surface area contributed by atoms with Gasteiger partial charge >= 0.3 is 0 Å². The van der Waals surface area contributed by atoms with Crippen LogP contribution in [-0.2, 0) is 4.79 Å². The summed E-state index contributed by atoms with van der Waals surface area (Å²) in [4.78, 5) is 28.2. The van der Waals surface area contributed by atoms with E-state index < -0.39 is 0 Å². The van der Waals surface area contributed by atoms with Gasteiger partial charge in [-0.2, -0.15) is 0 Å². The lowest BCUT2D eigenvalue weighted by atomic mass is 10.1. The van der Waals surface area contributed by atoms with Crippen LogP contribution in [0.3, 0.4) is 0 Å². The molecule has 1 aromatic heterocycles. The molecule has 2 aromatic rings. The maximum absolute atomic E-state index is 12.3. The Morgan fingerprint density at radius 1 is 1.04 bits per heavy atom. The van der Waals surface area contributed by atoms with Gasteiger partial charge in [-0.3, -0.25) is 14.6 Å². The molecule has 23 heavy (non-hydrogen) atoms. The summed E-state index contributed by atoms with van der Waals surface area (Å²) in [5, 5.41) is 5.69. The van der Waals surface area contributed by atoms with E-state index in [1.165, 1.54) is 0 Å². The van der Waals surface area contributed by atoms with Crippen LogP contribution in [-0.4, -0.2) is 16.8 Å². The number of benzene rings is 1. The number of anilines is 2. The molecule has 2 amide bonds. The SMILES string of the molecule is Cc1ccc(C(=O)Nc2cc(NC(=O)C(C)C)ccc2C)cn1. The molecule has 0 saturated heterocycles. The van der Waals surface area contributed by atoms with Crippen LogP contribution in [0.25, 0.3) is 0 Å². The Balaban J connectivity index is 2.17. The number of hydrogen-bond acceptors (Lipinski definition) is 3. The van der Waals surface area contributed by atoms with Crippen molar-refractivity contribution in [3.05, 3.63) is 53.3 Å². The summed E-state index contributed by atoms with van der Waals surface area (Å²) in [5.41, 5.74) is 3.59. The summed E-state index contributed by atoms with van der Waals surface area (Å²) >= 11 is 0. The second-order valence-corrected chi connectivity index (χ2v) is 5.82.